The number of hydrogen-bond acceptors (Lipinski definition) is 4. The number of guanidine groups is 1. The number of nitrogens with zero attached hydrogens (tertiary/aromatic N) is 2. The summed E-state index contributed by atoms with van der Waals surface area (Å²) in [5, 5.41) is 3.30. The van der Waals surface area contributed by atoms with Gasteiger partial charge in [-0.05, 0) is 30.2 Å². The minimum atomic E-state index is -0.926. The highest BCUT2D eigenvalue weighted by Crippen LogP contribution is 2.32. The number of fused-ring (bicyclic) bond motifs is 1. The van der Waals surface area contributed by atoms with Crippen LogP contribution in [0.3, 0.4) is 0 Å². The average Bonchev–Trinajstić information content (AvgIpc) is 3.16. The van der Waals surface area contributed by atoms with Crippen molar-refractivity contribution in [2.75, 3.05) is 32.7 Å². The van der Waals surface area contributed by atoms with Crippen molar-refractivity contribution in [2.24, 2.45) is 4.99 Å². The Bertz CT molecular complexity index is 827. The molecule has 7 heteroatoms. The molecule has 0 amide bonds. The molecule has 1 atom stereocenters. The van der Waals surface area contributed by atoms with Crippen LogP contribution in [0, 0.1) is 0 Å². The second-order valence-electron chi connectivity index (χ2n) is 6.55. The molecule has 0 aliphatic carbocycles. The smallest absolute Gasteiger partial charge is 0.231 e. The van der Waals surface area contributed by atoms with E-state index in [0.717, 1.165) is 35.1 Å². The lowest BCUT2D eigenvalue weighted by atomic mass is 10.2. The molecular formula is C21H27N3O3S. The summed E-state index contributed by atoms with van der Waals surface area (Å²) in [7, 11) is 1.07. The molecule has 2 aromatic carbocycles. The van der Waals surface area contributed by atoms with E-state index in [0.29, 0.717) is 24.6 Å². The third kappa shape index (κ3) is 5.73. The van der Waals surface area contributed by atoms with Gasteiger partial charge in [0.2, 0.25) is 6.79 Å². The maximum absolute atomic E-state index is 12.3. The first kappa shape index (κ1) is 20.2. The predicted molar refractivity (Wildman–Crippen MR) is 113 cm³/mol. The first-order valence-electron chi connectivity index (χ1n) is 9.42. The minimum absolute atomic E-state index is 0.277. The van der Waals surface area contributed by atoms with E-state index in [1.807, 2.05) is 62.5 Å². The van der Waals surface area contributed by atoms with Crippen molar-refractivity contribution in [3.05, 3.63) is 59.7 Å². The summed E-state index contributed by atoms with van der Waals surface area (Å²) in [6.07, 6.45) is 0. The van der Waals surface area contributed by atoms with Crippen LogP contribution in [0.4, 0.5) is 0 Å². The SMILES string of the molecule is CCNC(=NCCS(=O)Cc1ccccc1)N(C)Cc1ccc2c(c1)OCO2. The fraction of sp³-hybridized carbons (Fsp3) is 0.381. The van der Waals surface area contributed by atoms with Crippen LogP contribution in [0.25, 0.3) is 0 Å². The summed E-state index contributed by atoms with van der Waals surface area (Å²) >= 11 is 0. The molecular weight excluding hydrogens is 374 g/mol. The molecule has 0 saturated heterocycles. The predicted octanol–water partition coefficient (Wildman–Crippen LogP) is 2.76. The highest BCUT2D eigenvalue weighted by Gasteiger charge is 2.14. The van der Waals surface area contributed by atoms with Gasteiger partial charge in [-0.1, -0.05) is 36.4 Å². The summed E-state index contributed by atoms with van der Waals surface area (Å²) < 4.78 is 23.1. The molecule has 0 bridgehead atoms. The van der Waals surface area contributed by atoms with Crippen LogP contribution < -0.4 is 14.8 Å². The Morgan fingerprint density at radius 3 is 2.71 bits per heavy atom. The van der Waals surface area contributed by atoms with E-state index in [4.69, 9.17) is 9.47 Å². The van der Waals surface area contributed by atoms with Gasteiger partial charge in [-0.25, -0.2) is 0 Å². The molecule has 0 spiro atoms. The topological polar surface area (TPSA) is 63.2 Å². The molecule has 1 N–H and O–H groups in total. The maximum Gasteiger partial charge on any atom is 0.231 e. The molecule has 3 rings (SSSR count). The van der Waals surface area contributed by atoms with Gasteiger partial charge in [0.05, 0.1) is 6.54 Å². The van der Waals surface area contributed by atoms with E-state index in [2.05, 4.69) is 15.2 Å². The standard InChI is InChI=1S/C21H27N3O3S/c1-3-22-21(23-11-12-28(25)15-17-7-5-4-6-8-17)24(2)14-18-9-10-19-20(13-18)27-16-26-19/h4-10,13H,3,11-12,14-16H2,1-2H3,(H,22,23). The Hall–Kier alpha value is -2.54. The van der Waals surface area contributed by atoms with Gasteiger partial charge >= 0.3 is 0 Å². The van der Waals surface area contributed by atoms with Gasteiger partial charge in [-0.3, -0.25) is 9.20 Å². The van der Waals surface area contributed by atoms with Gasteiger partial charge in [0.1, 0.15) is 0 Å². The molecule has 0 aromatic heterocycles. The van der Waals surface area contributed by atoms with Crippen molar-refractivity contribution in [3.63, 3.8) is 0 Å². The van der Waals surface area contributed by atoms with Crippen LogP contribution in [0.5, 0.6) is 11.5 Å². The summed E-state index contributed by atoms with van der Waals surface area (Å²) in [5.41, 5.74) is 2.21. The van der Waals surface area contributed by atoms with E-state index >= 15 is 0 Å². The van der Waals surface area contributed by atoms with Crippen LogP contribution in [0.15, 0.2) is 53.5 Å². The van der Waals surface area contributed by atoms with Crippen LogP contribution >= 0.6 is 0 Å². The first-order chi connectivity index (χ1) is 13.7. The maximum atomic E-state index is 12.3. The summed E-state index contributed by atoms with van der Waals surface area (Å²) in [5.74, 6) is 3.48. The molecule has 1 unspecified atom stereocenters. The van der Waals surface area contributed by atoms with Crippen LogP contribution in [-0.2, 0) is 23.1 Å². The number of aliphatic imine (C=N–C) groups is 1. The van der Waals surface area contributed by atoms with Crippen molar-refractivity contribution in [1.29, 1.82) is 0 Å². The van der Waals surface area contributed by atoms with E-state index in [1.54, 1.807) is 0 Å². The number of ether oxygens (including phenoxy) is 2. The second-order valence-corrected chi connectivity index (χ2v) is 8.13. The second kappa shape index (κ2) is 10.1. The number of hydrogen-bond donors (Lipinski definition) is 1. The van der Waals surface area contributed by atoms with E-state index < -0.39 is 10.8 Å². The van der Waals surface area contributed by atoms with Gasteiger partial charge in [0.25, 0.3) is 0 Å². The molecule has 1 aliphatic rings. The molecule has 0 fully saturated rings. The fourth-order valence-electron chi connectivity index (χ4n) is 2.94. The van der Waals surface area contributed by atoms with Crippen molar-refractivity contribution < 1.29 is 13.7 Å². The zero-order chi connectivity index (χ0) is 19.8. The van der Waals surface area contributed by atoms with Crippen molar-refractivity contribution >= 4 is 16.8 Å². The lowest BCUT2D eigenvalue weighted by Gasteiger charge is -2.22. The summed E-state index contributed by atoms with van der Waals surface area (Å²) in [6, 6.07) is 15.9. The molecule has 2 aromatic rings. The van der Waals surface area contributed by atoms with Gasteiger partial charge in [0.15, 0.2) is 17.5 Å². The molecule has 150 valence electrons. The largest absolute Gasteiger partial charge is 0.454 e. The van der Waals surface area contributed by atoms with E-state index in [-0.39, 0.29) is 6.79 Å². The number of benzene rings is 2. The van der Waals surface area contributed by atoms with Crippen molar-refractivity contribution in [2.45, 2.75) is 19.2 Å². The molecule has 1 aliphatic heterocycles. The van der Waals surface area contributed by atoms with Crippen LogP contribution in [0.2, 0.25) is 0 Å². The Morgan fingerprint density at radius 2 is 1.93 bits per heavy atom. The zero-order valence-electron chi connectivity index (χ0n) is 16.4. The molecule has 28 heavy (non-hydrogen) atoms. The third-order valence-corrected chi connectivity index (χ3v) is 5.60. The average molecular weight is 402 g/mol. The molecule has 6 nitrogen and oxygen atoms in total. The monoisotopic (exact) mass is 401 g/mol. The van der Waals surface area contributed by atoms with E-state index in [1.165, 1.54) is 0 Å². The lowest BCUT2D eigenvalue weighted by Crippen LogP contribution is -2.38. The van der Waals surface area contributed by atoms with Gasteiger partial charge in [-0.2, -0.15) is 0 Å². The molecule has 0 saturated carbocycles. The molecule has 0 radical (unpaired) electrons. The lowest BCUT2D eigenvalue weighted by molar-refractivity contribution is 0.174. The van der Waals surface area contributed by atoms with Gasteiger partial charge < -0.3 is 19.7 Å². The number of rotatable bonds is 8. The Balaban J connectivity index is 1.54. The van der Waals surface area contributed by atoms with Crippen LogP contribution in [-0.4, -0.2) is 47.8 Å². The fourth-order valence-corrected chi connectivity index (χ4v) is 3.95. The third-order valence-electron chi connectivity index (χ3n) is 4.30. The van der Waals surface area contributed by atoms with Crippen LogP contribution in [0.1, 0.15) is 18.1 Å². The minimum Gasteiger partial charge on any atom is -0.454 e. The summed E-state index contributed by atoms with van der Waals surface area (Å²) in [6.45, 7) is 4.30. The van der Waals surface area contributed by atoms with Gasteiger partial charge in [0, 0.05) is 42.4 Å². The Labute approximate surface area is 169 Å². The first-order valence-corrected chi connectivity index (χ1v) is 10.9. The molecule has 1 heterocycles. The zero-order valence-corrected chi connectivity index (χ0v) is 17.2. The number of nitrogens with one attached hydrogen (secondary N) is 1. The van der Waals surface area contributed by atoms with Crippen molar-refractivity contribution in [3.8, 4) is 11.5 Å². The van der Waals surface area contributed by atoms with Crippen molar-refractivity contribution in [1.82, 2.24) is 10.2 Å². The highest BCUT2D eigenvalue weighted by molar-refractivity contribution is 7.84. The Morgan fingerprint density at radius 1 is 1.14 bits per heavy atom. The van der Waals surface area contributed by atoms with E-state index in [9.17, 15) is 4.21 Å². The van der Waals surface area contributed by atoms with Gasteiger partial charge in [-0.15, -0.1) is 0 Å². The quantitative estimate of drug-likeness (QED) is 0.544. The normalized spacial score (nSPS) is 14.0. The Kier molecular flexibility index (Phi) is 7.31. The highest BCUT2D eigenvalue weighted by atomic mass is 32.2. The summed E-state index contributed by atoms with van der Waals surface area (Å²) in [4.78, 5) is 6.70.